The van der Waals surface area contributed by atoms with Crippen LogP contribution in [-0.4, -0.2) is 12.1 Å². The van der Waals surface area contributed by atoms with Crippen molar-refractivity contribution in [2.45, 2.75) is 59.5 Å². The molecular formula is C32H39O2P. The van der Waals surface area contributed by atoms with Crippen molar-refractivity contribution in [3.63, 3.8) is 0 Å². The number of carbonyl (C=O) groups is 1. The number of allylic oxidation sites excluding steroid dienone is 1. The molecule has 0 heterocycles. The molecule has 0 fully saturated rings. The Morgan fingerprint density at radius 3 is 1.97 bits per heavy atom. The number of rotatable bonds is 12. The normalized spacial score (nSPS) is 13.3. The van der Waals surface area contributed by atoms with Gasteiger partial charge in [0.2, 0.25) is 0 Å². The third-order valence-corrected chi connectivity index (χ3v) is 8.67. The SMILES string of the molecule is C/C=C/[C@H](C[C@H](C)CCCC(C)C)OC(=O)c1ccccc1P(c1ccccc1)c1ccccc1. The molecule has 2 nitrogen and oxygen atoms in total. The largest absolute Gasteiger partial charge is 0.455 e. The molecule has 0 saturated carbocycles. The van der Waals surface area contributed by atoms with E-state index in [1.807, 2.05) is 49.4 Å². The lowest BCUT2D eigenvalue weighted by Crippen LogP contribution is -2.27. The number of hydrogen-bond acceptors (Lipinski definition) is 2. The molecule has 0 aliphatic carbocycles. The molecule has 0 aromatic heterocycles. The van der Waals surface area contributed by atoms with Gasteiger partial charge in [-0.15, -0.1) is 0 Å². The Kier molecular flexibility index (Phi) is 10.8. The monoisotopic (exact) mass is 486 g/mol. The zero-order chi connectivity index (χ0) is 25.0. The van der Waals surface area contributed by atoms with Gasteiger partial charge in [0.05, 0.1) is 5.56 Å². The van der Waals surface area contributed by atoms with Gasteiger partial charge in [0.1, 0.15) is 6.10 Å². The van der Waals surface area contributed by atoms with Gasteiger partial charge in [-0.05, 0) is 61.2 Å². The van der Waals surface area contributed by atoms with Crippen LogP contribution in [0.25, 0.3) is 0 Å². The zero-order valence-corrected chi connectivity index (χ0v) is 22.5. The molecule has 0 amide bonds. The van der Waals surface area contributed by atoms with Crippen LogP contribution >= 0.6 is 7.92 Å². The summed E-state index contributed by atoms with van der Waals surface area (Å²) in [4.78, 5) is 13.6. The van der Waals surface area contributed by atoms with Crippen molar-refractivity contribution < 1.29 is 9.53 Å². The predicted octanol–water partition coefficient (Wildman–Crippen LogP) is 7.40. The maximum absolute atomic E-state index is 13.6. The predicted molar refractivity (Wildman–Crippen MR) is 152 cm³/mol. The number of carbonyl (C=O) groups excluding carboxylic acids is 1. The third-order valence-electron chi connectivity index (χ3n) is 6.17. The van der Waals surface area contributed by atoms with E-state index in [2.05, 4.69) is 75.4 Å². The van der Waals surface area contributed by atoms with Crippen molar-refractivity contribution in [2.24, 2.45) is 11.8 Å². The lowest BCUT2D eigenvalue weighted by molar-refractivity contribution is 0.0353. The van der Waals surface area contributed by atoms with Crippen molar-refractivity contribution in [1.29, 1.82) is 0 Å². The summed E-state index contributed by atoms with van der Waals surface area (Å²) < 4.78 is 6.12. The van der Waals surface area contributed by atoms with E-state index in [9.17, 15) is 4.79 Å². The Balaban J connectivity index is 1.85. The molecule has 3 rings (SSSR count). The van der Waals surface area contributed by atoms with Crippen LogP contribution in [-0.2, 0) is 4.74 Å². The molecule has 0 aliphatic heterocycles. The Morgan fingerprint density at radius 1 is 0.829 bits per heavy atom. The van der Waals surface area contributed by atoms with Gasteiger partial charge in [-0.1, -0.05) is 125 Å². The average Bonchev–Trinajstić information content (AvgIpc) is 2.86. The van der Waals surface area contributed by atoms with Crippen molar-refractivity contribution >= 4 is 29.8 Å². The number of hydrogen-bond donors (Lipinski definition) is 0. The van der Waals surface area contributed by atoms with Crippen LogP contribution < -0.4 is 15.9 Å². The minimum absolute atomic E-state index is 0.214. The van der Waals surface area contributed by atoms with Gasteiger partial charge < -0.3 is 4.74 Å². The van der Waals surface area contributed by atoms with Crippen molar-refractivity contribution in [3.8, 4) is 0 Å². The molecule has 3 aromatic carbocycles. The second kappa shape index (κ2) is 14.0. The minimum Gasteiger partial charge on any atom is -0.455 e. The van der Waals surface area contributed by atoms with Gasteiger partial charge in [0.25, 0.3) is 0 Å². The molecule has 0 unspecified atom stereocenters. The summed E-state index contributed by atoms with van der Waals surface area (Å²) in [6.45, 7) is 8.80. The van der Waals surface area contributed by atoms with E-state index in [1.54, 1.807) is 0 Å². The summed E-state index contributed by atoms with van der Waals surface area (Å²) >= 11 is 0. The highest BCUT2D eigenvalue weighted by atomic mass is 31.1. The minimum atomic E-state index is -0.882. The summed E-state index contributed by atoms with van der Waals surface area (Å²) in [6.07, 6.45) is 8.28. The molecule has 35 heavy (non-hydrogen) atoms. The molecule has 3 heteroatoms. The summed E-state index contributed by atoms with van der Waals surface area (Å²) in [7, 11) is -0.882. The van der Waals surface area contributed by atoms with Crippen molar-refractivity contribution in [2.75, 3.05) is 0 Å². The van der Waals surface area contributed by atoms with Crippen LogP contribution in [0.15, 0.2) is 97.1 Å². The fraction of sp³-hybridized carbons (Fsp3) is 0.344. The molecule has 2 atom stereocenters. The van der Waals surface area contributed by atoms with Crippen LogP contribution in [0.1, 0.15) is 63.7 Å². The Labute approximate surface area is 213 Å². The maximum atomic E-state index is 13.6. The second-order valence-corrected chi connectivity index (χ2v) is 11.8. The Bertz CT molecular complexity index is 1020. The van der Waals surface area contributed by atoms with Crippen LogP contribution in [0.5, 0.6) is 0 Å². The molecule has 3 aromatic rings. The highest BCUT2D eigenvalue weighted by molar-refractivity contribution is 7.80. The highest BCUT2D eigenvalue weighted by Gasteiger charge is 2.24. The maximum Gasteiger partial charge on any atom is 0.339 e. The number of esters is 1. The van der Waals surface area contributed by atoms with E-state index >= 15 is 0 Å². The Hall–Kier alpha value is -2.70. The topological polar surface area (TPSA) is 26.3 Å². The first-order valence-electron chi connectivity index (χ1n) is 12.8. The fourth-order valence-electron chi connectivity index (χ4n) is 4.39. The summed E-state index contributed by atoms with van der Waals surface area (Å²) in [6, 6.07) is 28.9. The van der Waals surface area contributed by atoms with Crippen LogP contribution in [0, 0.1) is 11.8 Å². The lowest BCUT2D eigenvalue weighted by atomic mass is 9.95. The zero-order valence-electron chi connectivity index (χ0n) is 21.6. The average molecular weight is 487 g/mol. The van der Waals surface area contributed by atoms with Gasteiger partial charge in [-0.25, -0.2) is 4.79 Å². The van der Waals surface area contributed by atoms with E-state index in [-0.39, 0.29) is 12.1 Å². The van der Waals surface area contributed by atoms with Crippen LogP contribution in [0.2, 0.25) is 0 Å². The molecule has 184 valence electrons. The molecule has 0 N–H and O–H groups in total. The van der Waals surface area contributed by atoms with E-state index in [1.165, 1.54) is 23.5 Å². The van der Waals surface area contributed by atoms with Gasteiger partial charge in [-0.3, -0.25) is 0 Å². The van der Waals surface area contributed by atoms with Crippen LogP contribution in [0.4, 0.5) is 0 Å². The summed E-state index contributed by atoms with van der Waals surface area (Å²) in [5.74, 6) is 0.994. The molecule has 0 radical (unpaired) electrons. The van der Waals surface area contributed by atoms with Gasteiger partial charge in [0.15, 0.2) is 0 Å². The summed E-state index contributed by atoms with van der Waals surface area (Å²) in [5, 5.41) is 3.48. The molecule has 0 aliphatic rings. The van der Waals surface area contributed by atoms with E-state index in [0.717, 1.165) is 24.1 Å². The highest BCUT2D eigenvalue weighted by Crippen LogP contribution is 2.34. The standard InChI is InChI=1S/C32H39O2P/c1-5-15-27(24-26(4)17-14-16-25(2)3)34-32(33)30-22-12-13-23-31(30)35(28-18-8-6-9-19-28)29-20-10-7-11-21-29/h5-13,15,18-23,25-27H,14,16-17,24H2,1-4H3/b15-5+/t26-,27-/m1/s1. The first-order chi connectivity index (χ1) is 17.0. The van der Waals surface area contributed by atoms with Gasteiger partial charge in [0, 0.05) is 0 Å². The molecule has 0 spiro atoms. The first kappa shape index (κ1) is 26.9. The van der Waals surface area contributed by atoms with Crippen LogP contribution in [0.3, 0.4) is 0 Å². The lowest BCUT2D eigenvalue weighted by Gasteiger charge is -2.23. The Morgan fingerprint density at radius 2 is 1.40 bits per heavy atom. The first-order valence-corrected chi connectivity index (χ1v) is 14.2. The molecular weight excluding hydrogens is 447 g/mol. The number of benzene rings is 3. The molecule has 0 saturated heterocycles. The summed E-state index contributed by atoms with van der Waals surface area (Å²) in [5.41, 5.74) is 0.660. The second-order valence-electron chi connectivity index (χ2n) is 9.66. The van der Waals surface area contributed by atoms with E-state index in [4.69, 9.17) is 4.74 Å². The third kappa shape index (κ3) is 8.18. The fourth-order valence-corrected chi connectivity index (χ4v) is 6.83. The number of ether oxygens (including phenoxy) is 1. The van der Waals surface area contributed by atoms with Crippen molar-refractivity contribution in [1.82, 2.24) is 0 Å². The van der Waals surface area contributed by atoms with E-state index in [0.29, 0.717) is 11.5 Å². The smallest absolute Gasteiger partial charge is 0.339 e. The van der Waals surface area contributed by atoms with Gasteiger partial charge in [-0.2, -0.15) is 0 Å². The molecule has 0 bridgehead atoms. The van der Waals surface area contributed by atoms with Crippen molar-refractivity contribution in [3.05, 3.63) is 103 Å². The van der Waals surface area contributed by atoms with E-state index < -0.39 is 7.92 Å². The van der Waals surface area contributed by atoms with Gasteiger partial charge >= 0.3 is 5.97 Å². The quantitative estimate of drug-likeness (QED) is 0.151.